The first-order chi connectivity index (χ1) is 8.50. The zero-order valence-corrected chi connectivity index (χ0v) is 9.11. The number of aliphatic hydroxyl groups is 1. The van der Waals surface area contributed by atoms with Crippen molar-refractivity contribution in [2.24, 2.45) is 0 Å². The van der Waals surface area contributed by atoms with Gasteiger partial charge >= 0.3 is 11.9 Å². The lowest BCUT2D eigenvalue weighted by Crippen LogP contribution is -2.04. The zero-order valence-electron chi connectivity index (χ0n) is 9.11. The number of ether oxygens (including phenoxy) is 1. The van der Waals surface area contributed by atoms with Crippen molar-refractivity contribution < 1.29 is 29.6 Å². The molecule has 0 saturated heterocycles. The van der Waals surface area contributed by atoms with Crippen molar-refractivity contribution in [1.82, 2.24) is 0 Å². The molecule has 1 rings (SSSR count). The molecule has 0 spiro atoms. The van der Waals surface area contributed by atoms with Crippen LogP contribution < -0.4 is 4.74 Å². The van der Waals surface area contributed by atoms with Crippen molar-refractivity contribution in [3.63, 3.8) is 0 Å². The van der Waals surface area contributed by atoms with Gasteiger partial charge in [-0.05, 0) is 18.2 Å². The molecule has 3 N–H and O–H groups in total. The Morgan fingerprint density at radius 2 is 1.83 bits per heavy atom. The van der Waals surface area contributed by atoms with Gasteiger partial charge in [-0.1, -0.05) is 18.2 Å². The Balaban J connectivity index is 2.63. The summed E-state index contributed by atoms with van der Waals surface area (Å²) in [6.07, 6.45) is 2.76. The van der Waals surface area contributed by atoms with Gasteiger partial charge in [0.25, 0.3) is 0 Å². The third-order valence-electron chi connectivity index (χ3n) is 1.78. The number of carbonyl (C=O) groups is 2. The van der Waals surface area contributed by atoms with E-state index >= 15 is 0 Å². The number of aliphatic hydroxyl groups excluding tert-OH is 1. The number of hydrogen-bond donors (Lipinski definition) is 3. The van der Waals surface area contributed by atoms with Gasteiger partial charge in [0.1, 0.15) is 0 Å². The standard InChI is InChI=1S/C12H10O6/c13-8-4-1-2-6-10(8)18-11(15)7-3-5-9(14)12(16)17/h1-7,13-14H,(H,16,17)/b7-3+,9-5-. The second-order valence-electron chi connectivity index (χ2n) is 3.10. The third kappa shape index (κ3) is 4.01. The fourth-order valence-electron chi connectivity index (χ4n) is 0.975. The van der Waals surface area contributed by atoms with E-state index in [4.69, 9.17) is 14.9 Å². The fraction of sp³-hybridized carbons (Fsp3) is 0. The van der Waals surface area contributed by atoms with E-state index in [1.54, 1.807) is 12.1 Å². The number of allylic oxidation sites excluding steroid dienone is 2. The monoisotopic (exact) mass is 250 g/mol. The SMILES string of the molecule is O=C(/C=C/C=C(\O)C(=O)O)Oc1ccccc1O. The molecule has 0 aromatic heterocycles. The summed E-state index contributed by atoms with van der Waals surface area (Å²) in [6, 6.07) is 5.88. The maximum Gasteiger partial charge on any atom is 0.370 e. The molecule has 18 heavy (non-hydrogen) atoms. The Labute approximate surface area is 102 Å². The lowest BCUT2D eigenvalue weighted by atomic mass is 10.3. The molecule has 0 saturated carbocycles. The number of carboxylic acids is 1. The van der Waals surface area contributed by atoms with E-state index in [1.165, 1.54) is 12.1 Å². The molecule has 0 aliphatic rings. The van der Waals surface area contributed by atoms with Gasteiger partial charge in [0, 0.05) is 6.08 Å². The summed E-state index contributed by atoms with van der Waals surface area (Å²) < 4.78 is 4.75. The van der Waals surface area contributed by atoms with Crippen molar-refractivity contribution >= 4 is 11.9 Å². The number of benzene rings is 1. The quantitative estimate of drug-likeness (QED) is 0.245. The Morgan fingerprint density at radius 1 is 1.17 bits per heavy atom. The number of aromatic hydroxyl groups is 1. The second-order valence-corrected chi connectivity index (χ2v) is 3.10. The van der Waals surface area contributed by atoms with Crippen molar-refractivity contribution in [3.8, 4) is 11.5 Å². The summed E-state index contributed by atoms with van der Waals surface area (Å²) in [5, 5.41) is 26.4. The number of aliphatic carboxylic acids is 1. The molecular formula is C12H10O6. The third-order valence-corrected chi connectivity index (χ3v) is 1.78. The summed E-state index contributed by atoms with van der Waals surface area (Å²) in [6.45, 7) is 0. The highest BCUT2D eigenvalue weighted by Gasteiger charge is 2.05. The first-order valence-electron chi connectivity index (χ1n) is 4.81. The van der Waals surface area contributed by atoms with Crippen LogP contribution in [0.2, 0.25) is 0 Å². The Morgan fingerprint density at radius 3 is 2.44 bits per heavy atom. The van der Waals surface area contributed by atoms with Gasteiger partial charge < -0.3 is 20.1 Å². The lowest BCUT2D eigenvalue weighted by molar-refractivity contribution is -0.135. The molecule has 6 heteroatoms. The van der Waals surface area contributed by atoms with Crippen LogP contribution in [0.3, 0.4) is 0 Å². The average Bonchev–Trinajstić information content (AvgIpc) is 2.32. The number of carboxylic acid groups (broad SMARTS) is 1. The van der Waals surface area contributed by atoms with Gasteiger partial charge in [-0.3, -0.25) is 0 Å². The minimum Gasteiger partial charge on any atom is -0.504 e. The van der Waals surface area contributed by atoms with Crippen LogP contribution in [0, 0.1) is 0 Å². The maximum absolute atomic E-state index is 11.2. The molecule has 0 fully saturated rings. The van der Waals surface area contributed by atoms with Crippen LogP contribution >= 0.6 is 0 Å². The predicted octanol–water partition coefficient (Wildman–Crippen LogP) is 1.38. The van der Waals surface area contributed by atoms with Gasteiger partial charge in [0.15, 0.2) is 11.5 Å². The minimum atomic E-state index is -1.51. The first-order valence-corrected chi connectivity index (χ1v) is 4.81. The number of para-hydroxylation sites is 2. The van der Waals surface area contributed by atoms with Gasteiger partial charge in [-0.2, -0.15) is 0 Å². The zero-order chi connectivity index (χ0) is 13.5. The molecule has 0 unspecified atom stereocenters. The predicted molar refractivity (Wildman–Crippen MR) is 61.2 cm³/mol. The van der Waals surface area contributed by atoms with Crippen molar-refractivity contribution in [3.05, 3.63) is 48.3 Å². The van der Waals surface area contributed by atoms with Crippen molar-refractivity contribution in [2.45, 2.75) is 0 Å². The fourth-order valence-corrected chi connectivity index (χ4v) is 0.975. The highest BCUT2D eigenvalue weighted by Crippen LogP contribution is 2.24. The van der Waals surface area contributed by atoms with Crippen LogP contribution in [0.15, 0.2) is 48.3 Å². The van der Waals surface area contributed by atoms with Gasteiger partial charge in [0.2, 0.25) is 5.76 Å². The van der Waals surface area contributed by atoms with Crippen molar-refractivity contribution in [2.75, 3.05) is 0 Å². The molecule has 0 aliphatic carbocycles. The first kappa shape index (κ1) is 13.3. The van der Waals surface area contributed by atoms with E-state index in [0.717, 1.165) is 18.2 Å². The number of carbonyl (C=O) groups excluding carboxylic acids is 1. The van der Waals surface area contributed by atoms with Gasteiger partial charge in [-0.15, -0.1) is 0 Å². The summed E-state index contributed by atoms with van der Waals surface area (Å²) in [7, 11) is 0. The van der Waals surface area contributed by atoms with Crippen LogP contribution in [0.1, 0.15) is 0 Å². The normalized spacial score (nSPS) is 11.4. The summed E-state index contributed by atoms with van der Waals surface area (Å²) in [5.41, 5.74) is 0. The van der Waals surface area contributed by atoms with E-state index in [-0.39, 0.29) is 11.5 Å². The van der Waals surface area contributed by atoms with Crippen LogP contribution in [0.25, 0.3) is 0 Å². The van der Waals surface area contributed by atoms with Crippen LogP contribution in [0.5, 0.6) is 11.5 Å². The molecule has 1 aromatic carbocycles. The highest BCUT2D eigenvalue weighted by atomic mass is 16.5. The van der Waals surface area contributed by atoms with Crippen LogP contribution in [0.4, 0.5) is 0 Å². The molecule has 94 valence electrons. The molecule has 0 amide bonds. The Kier molecular flexibility index (Phi) is 4.50. The maximum atomic E-state index is 11.2. The molecule has 6 nitrogen and oxygen atoms in total. The summed E-state index contributed by atoms with van der Waals surface area (Å²) >= 11 is 0. The molecule has 1 aromatic rings. The lowest BCUT2D eigenvalue weighted by Gasteiger charge is -2.02. The topological polar surface area (TPSA) is 104 Å². The van der Waals surface area contributed by atoms with Crippen LogP contribution in [-0.4, -0.2) is 27.3 Å². The van der Waals surface area contributed by atoms with Crippen molar-refractivity contribution in [1.29, 1.82) is 0 Å². The number of rotatable bonds is 4. The molecule has 0 radical (unpaired) electrons. The minimum absolute atomic E-state index is 0.0152. The smallest absolute Gasteiger partial charge is 0.370 e. The number of phenolic OH excluding ortho intramolecular Hbond substituents is 1. The Bertz CT molecular complexity index is 515. The molecule has 0 aliphatic heterocycles. The Hall–Kier alpha value is -2.76. The second kappa shape index (κ2) is 6.09. The van der Waals surface area contributed by atoms with Gasteiger partial charge in [0.05, 0.1) is 0 Å². The van der Waals surface area contributed by atoms with E-state index in [1.807, 2.05) is 0 Å². The summed E-state index contributed by atoms with van der Waals surface area (Å²) in [5.74, 6) is -3.43. The largest absolute Gasteiger partial charge is 0.504 e. The molecule has 0 bridgehead atoms. The molecule has 0 heterocycles. The highest BCUT2D eigenvalue weighted by molar-refractivity contribution is 5.86. The number of esters is 1. The van der Waals surface area contributed by atoms with E-state index in [0.29, 0.717) is 0 Å². The van der Waals surface area contributed by atoms with E-state index < -0.39 is 17.7 Å². The summed E-state index contributed by atoms with van der Waals surface area (Å²) in [4.78, 5) is 21.4. The van der Waals surface area contributed by atoms with E-state index in [9.17, 15) is 14.7 Å². The number of hydrogen-bond acceptors (Lipinski definition) is 5. The molecule has 0 atom stereocenters. The van der Waals surface area contributed by atoms with Crippen LogP contribution in [-0.2, 0) is 9.59 Å². The van der Waals surface area contributed by atoms with E-state index in [2.05, 4.69) is 0 Å². The van der Waals surface area contributed by atoms with Gasteiger partial charge in [-0.25, -0.2) is 9.59 Å². The molecular weight excluding hydrogens is 240 g/mol. The average molecular weight is 250 g/mol. The number of phenols is 1.